The van der Waals surface area contributed by atoms with Crippen molar-refractivity contribution >= 4 is 11.9 Å². The van der Waals surface area contributed by atoms with Crippen LogP contribution in [0.5, 0.6) is 0 Å². The van der Waals surface area contributed by atoms with Crippen LogP contribution in [0.15, 0.2) is 0 Å². The Bertz CT molecular complexity index is 336. The molecule has 0 N–H and O–H groups in total. The van der Waals surface area contributed by atoms with Crippen LogP contribution in [-0.4, -0.2) is 11.9 Å². The molecule has 1 saturated heterocycles. The van der Waals surface area contributed by atoms with Gasteiger partial charge in [-0.2, -0.15) is 0 Å². The highest BCUT2D eigenvalue weighted by Crippen LogP contribution is 2.57. The van der Waals surface area contributed by atoms with Gasteiger partial charge < -0.3 is 4.74 Å². The van der Waals surface area contributed by atoms with E-state index in [1.807, 2.05) is 0 Å². The van der Waals surface area contributed by atoms with E-state index in [0.29, 0.717) is 0 Å². The first-order valence-corrected chi connectivity index (χ1v) is 5.89. The van der Waals surface area contributed by atoms with Crippen LogP contribution in [0.25, 0.3) is 0 Å². The van der Waals surface area contributed by atoms with Crippen molar-refractivity contribution in [3.63, 3.8) is 0 Å². The molecule has 0 aromatic carbocycles. The molecular formula is C13H20O3. The first-order valence-electron chi connectivity index (χ1n) is 5.89. The van der Waals surface area contributed by atoms with Crippen LogP contribution >= 0.6 is 0 Å². The molecule has 0 atom stereocenters. The third-order valence-corrected chi connectivity index (χ3v) is 3.71. The normalized spacial score (nSPS) is 30.5. The molecule has 1 spiro atoms. The number of carbonyl (C=O) groups excluding carboxylic acids is 2. The van der Waals surface area contributed by atoms with Gasteiger partial charge >= 0.3 is 11.9 Å². The van der Waals surface area contributed by atoms with E-state index >= 15 is 0 Å². The minimum atomic E-state index is -0.539. The van der Waals surface area contributed by atoms with Gasteiger partial charge in [0.1, 0.15) is 0 Å². The van der Waals surface area contributed by atoms with Gasteiger partial charge in [-0.25, -0.2) is 0 Å². The number of carbonyl (C=O) groups is 2. The van der Waals surface area contributed by atoms with E-state index < -0.39 is 5.41 Å². The number of hydrogen-bond acceptors (Lipinski definition) is 3. The van der Waals surface area contributed by atoms with Crippen LogP contribution < -0.4 is 0 Å². The van der Waals surface area contributed by atoms with Crippen molar-refractivity contribution in [2.24, 2.45) is 16.2 Å². The molecule has 2 rings (SSSR count). The van der Waals surface area contributed by atoms with Crippen LogP contribution in [0.3, 0.4) is 0 Å². The first kappa shape index (κ1) is 11.6. The molecule has 16 heavy (non-hydrogen) atoms. The maximum Gasteiger partial charge on any atom is 0.320 e. The highest BCUT2D eigenvalue weighted by Gasteiger charge is 2.57. The molecule has 1 aliphatic carbocycles. The van der Waals surface area contributed by atoms with Gasteiger partial charge in [-0.1, -0.05) is 27.7 Å². The summed E-state index contributed by atoms with van der Waals surface area (Å²) in [5.41, 5.74) is -0.334. The van der Waals surface area contributed by atoms with Crippen LogP contribution in [-0.2, 0) is 14.3 Å². The summed E-state index contributed by atoms with van der Waals surface area (Å²) in [6.45, 7) is 8.69. The molecule has 0 amide bonds. The van der Waals surface area contributed by atoms with Crippen molar-refractivity contribution < 1.29 is 14.3 Å². The fourth-order valence-corrected chi connectivity index (χ4v) is 4.18. The average Bonchev–Trinajstić information content (AvgIpc) is 2.17. The van der Waals surface area contributed by atoms with Gasteiger partial charge in [0, 0.05) is 0 Å². The van der Waals surface area contributed by atoms with E-state index in [1.54, 1.807) is 0 Å². The Kier molecular flexibility index (Phi) is 2.24. The van der Waals surface area contributed by atoms with Gasteiger partial charge in [-0.05, 0) is 30.1 Å². The van der Waals surface area contributed by atoms with E-state index in [4.69, 9.17) is 4.74 Å². The van der Waals surface area contributed by atoms with Gasteiger partial charge in [0.05, 0.1) is 11.8 Å². The average molecular weight is 224 g/mol. The van der Waals surface area contributed by atoms with Gasteiger partial charge in [0.25, 0.3) is 0 Å². The molecule has 3 nitrogen and oxygen atoms in total. The Labute approximate surface area is 96.5 Å². The van der Waals surface area contributed by atoms with Gasteiger partial charge in [0.15, 0.2) is 0 Å². The minimum absolute atomic E-state index is 0.103. The Morgan fingerprint density at radius 1 is 0.938 bits per heavy atom. The Morgan fingerprint density at radius 2 is 1.44 bits per heavy atom. The number of hydrogen-bond donors (Lipinski definition) is 0. The van der Waals surface area contributed by atoms with E-state index in [0.717, 1.165) is 19.3 Å². The highest BCUT2D eigenvalue weighted by atomic mass is 16.6. The molecule has 0 aromatic rings. The number of esters is 2. The second kappa shape index (κ2) is 3.08. The minimum Gasteiger partial charge on any atom is -0.393 e. The largest absolute Gasteiger partial charge is 0.393 e. The monoisotopic (exact) mass is 224 g/mol. The van der Waals surface area contributed by atoms with Crippen LogP contribution in [0.2, 0.25) is 0 Å². The Morgan fingerprint density at radius 3 is 1.81 bits per heavy atom. The van der Waals surface area contributed by atoms with Crippen molar-refractivity contribution in [3.05, 3.63) is 0 Å². The van der Waals surface area contributed by atoms with Crippen LogP contribution in [0.1, 0.15) is 53.4 Å². The molecule has 0 radical (unpaired) electrons. The maximum absolute atomic E-state index is 11.9. The standard InChI is InChI=1S/C13H20O3/c1-11(2)6-12(3,4)8-13(7-11)5-9(14)16-10(13)15/h5-8H2,1-4H3. The lowest BCUT2D eigenvalue weighted by Crippen LogP contribution is -2.43. The molecule has 3 heteroatoms. The molecule has 2 aliphatic rings. The summed E-state index contributed by atoms with van der Waals surface area (Å²) >= 11 is 0. The van der Waals surface area contributed by atoms with Crippen LogP contribution in [0, 0.1) is 16.2 Å². The molecule has 90 valence electrons. The molecule has 1 aliphatic heterocycles. The molecule has 0 unspecified atom stereocenters. The van der Waals surface area contributed by atoms with Crippen molar-refractivity contribution in [3.8, 4) is 0 Å². The predicted octanol–water partition coefficient (Wildman–Crippen LogP) is 2.68. The summed E-state index contributed by atoms with van der Waals surface area (Å²) < 4.78 is 4.76. The van der Waals surface area contributed by atoms with Crippen molar-refractivity contribution in [1.82, 2.24) is 0 Å². The highest BCUT2D eigenvalue weighted by molar-refractivity contribution is 5.97. The quantitative estimate of drug-likeness (QED) is 0.469. The summed E-state index contributed by atoms with van der Waals surface area (Å²) in [4.78, 5) is 23.2. The van der Waals surface area contributed by atoms with E-state index in [2.05, 4.69) is 27.7 Å². The number of cyclic esters (lactones) is 2. The van der Waals surface area contributed by atoms with Gasteiger partial charge in [0.2, 0.25) is 0 Å². The zero-order valence-corrected chi connectivity index (χ0v) is 10.6. The Balaban J connectivity index is 2.35. The molecule has 0 bridgehead atoms. The van der Waals surface area contributed by atoms with Crippen LogP contribution in [0.4, 0.5) is 0 Å². The summed E-state index contributed by atoms with van der Waals surface area (Å²) in [7, 11) is 0. The fraction of sp³-hybridized carbons (Fsp3) is 0.846. The topological polar surface area (TPSA) is 43.4 Å². The fourth-order valence-electron chi connectivity index (χ4n) is 4.18. The van der Waals surface area contributed by atoms with E-state index in [9.17, 15) is 9.59 Å². The van der Waals surface area contributed by atoms with Crippen molar-refractivity contribution in [2.45, 2.75) is 53.4 Å². The third-order valence-electron chi connectivity index (χ3n) is 3.71. The van der Waals surface area contributed by atoms with Crippen molar-refractivity contribution in [1.29, 1.82) is 0 Å². The first-order chi connectivity index (χ1) is 7.14. The van der Waals surface area contributed by atoms with Crippen molar-refractivity contribution in [2.75, 3.05) is 0 Å². The maximum atomic E-state index is 11.9. The zero-order valence-electron chi connectivity index (χ0n) is 10.6. The summed E-state index contributed by atoms with van der Waals surface area (Å²) in [5.74, 6) is -0.642. The lowest BCUT2D eigenvalue weighted by molar-refractivity contribution is -0.158. The number of rotatable bonds is 0. The molecule has 0 aromatic heterocycles. The predicted molar refractivity (Wildman–Crippen MR) is 59.6 cm³/mol. The lowest BCUT2D eigenvalue weighted by Gasteiger charge is -2.48. The van der Waals surface area contributed by atoms with Gasteiger partial charge in [-0.3, -0.25) is 9.59 Å². The smallest absolute Gasteiger partial charge is 0.320 e. The van der Waals surface area contributed by atoms with E-state index in [-0.39, 0.29) is 29.2 Å². The molecule has 2 fully saturated rings. The van der Waals surface area contributed by atoms with E-state index in [1.165, 1.54) is 0 Å². The summed E-state index contributed by atoms with van der Waals surface area (Å²) in [5, 5.41) is 0. The lowest BCUT2D eigenvalue weighted by atomic mass is 9.55. The third kappa shape index (κ3) is 1.87. The second-order valence-electron chi connectivity index (χ2n) is 7.08. The summed E-state index contributed by atoms with van der Waals surface area (Å²) in [6, 6.07) is 0. The SMILES string of the molecule is CC1(C)CC(C)(C)CC2(CC(=O)OC2=O)C1. The zero-order chi connectivity index (χ0) is 12.2. The molecular weight excluding hydrogens is 204 g/mol. The molecule has 1 saturated carbocycles. The second-order valence-corrected chi connectivity index (χ2v) is 7.08. The summed E-state index contributed by atoms with van der Waals surface area (Å²) in [6.07, 6.45) is 2.91. The van der Waals surface area contributed by atoms with Gasteiger partial charge in [-0.15, -0.1) is 0 Å². The number of ether oxygens (including phenoxy) is 1. The molecule has 1 heterocycles. The Hall–Kier alpha value is -0.860.